The lowest BCUT2D eigenvalue weighted by Gasteiger charge is -2.16. The fourth-order valence-corrected chi connectivity index (χ4v) is 0.471. The number of nitrogens with one attached hydrogen (secondary N) is 1. The third kappa shape index (κ3) is 3.97. The van der Waals surface area contributed by atoms with Crippen molar-refractivity contribution in [2.75, 3.05) is 20.3 Å². The normalized spacial score (nSPS) is 17.7. The number of hydrazone groups is 1. The number of hydrogen-bond acceptors (Lipinski definition) is 3. The van der Waals surface area contributed by atoms with Crippen molar-refractivity contribution < 1.29 is 0 Å². The molecule has 0 amide bonds. The average molecular weight is 129 g/mol. The molecule has 0 fully saturated rings. The van der Waals surface area contributed by atoms with Crippen molar-refractivity contribution in [3.8, 4) is 0 Å². The second kappa shape index (κ2) is 5.56. The molecule has 0 unspecified atom stereocenters. The molecule has 1 aliphatic heterocycles. The van der Waals surface area contributed by atoms with Crippen molar-refractivity contribution in [2.45, 2.75) is 13.8 Å². The Kier molecular flexibility index (Phi) is 5.21. The molecule has 0 bridgehead atoms. The van der Waals surface area contributed by atoms with Gasteiger partial charge in [-0.05, 0) is 7.05 Å². The molecule has 9 heavy (non-hydrogen) atoms. The monoisotopic (exact) mass is 129 g/mol. The lowest BCUT2D eigenvalue weighted by Crippen LogP contribution is -2.33. The summed E-state index contributed by atoms with van der Waals surface area (Å²) in [5, 5.41) is 3.81. The highest BCUT2D eigenvalue weighted by molar-refractivity contribution is 5.59. The van der Waals surface area contributed by atoms with Gasteiger partial charge in [0.25, 0.3) is 0 Å². The molecule has 1 rings (SSSR count). The van der Waals surface area contributed by atoms with E-state index in [-0.39, 0.29) is 0 Å². The standard InChI is InChI=1S/C4H9N3.C2H6/c1-7-3-2-5-6-4-7;1-2/h2,6H,3-4H2,1H3;1-2H3. The Balaban J connectivity index is 0.000000291. The minimum atomic E-state index is 0.872. The smallest absolute Gasteiger partial charge is 0.0849 e. The van der Waals surface area contributed by atoms with E-state index in [1.807, 2.05) is 27.1 Å². The Labute approximate surface area is 56.7 Å². The first-order chi connectivity index (χ1) is 4.39. The van der Waals surface area contributed by atoms with Crippen LogP contribution < -0.4 is 5.43 Å². The minimum absolute atomic E-state index is 0.872. The summed E-state index contributed by atoms with van der Waals surface area (Å²) in [6, 6.07) is 0. The lowest BCUT2D eigenvalue weighted by atomic mass is 10.6. The van der Waals surface area contributed by atoms with Gasteiger partial charge in [-0.1, -0.05) is 13.8 Å². The number of nitrogens with zero attached hydrogens (tertiary/aromatic N) is 2. The van der Waals surface area contributed by atoms with Crippen LogP contribution in [0.3, 0.4) is 0 Å². The molecule has 0 atom stereocenters. The first-order valence-corrected chi connectivity index (χ1v) is 3.32. The second-order valence-electron chi connectivity index (χ2n) is 1.67. The van der Waals surface area contributed by atoms with Crippen LogP contribution >= 0.6 is 0 Å². The average Bonchev–Trinajstić information content (AvgIpc) is 1.94. The van der Waals surface area contributed by atoms with Gasteiger partial charge in [0, 0.05) is 12.8 Å². The fourth-order valence-electron chi connectivity index (χ4n) is 0.471. The highest BCUT2D eigenvalue weighted by atomic mass is 15.4. The Morgan fingerprint density at radius 3 is 2.44 bits per heavy atom. The molecule has 0 saturated carbocycles. The number of hydrogen-bond donors (Lipinski definition) is 1. The summed E-state index contributed by atoms with van der Waals surface area (Å²) < 4.78 is 0. The Bertz CT molecular complexity index is 80.4. The van der Waals surface area contributed by atoms with Crippen LogP contribution in [0.4, 0.5) is 0 Å². The predicted octanol–water partition coefficient (Wildman–Crippen LogP) is 0.491. The highest BCUT2D eigenvalue weighted by Gasteiger charge is 1.95. The first kappa shape index (κ1) is 8.43. The van der Waals surface area contributed by atoms with Gasteiger partial charge in [0.05, 0.1) is 6.67 Å². The van der Waals surface area contributed by atoms with Crippen molar-refractivity contribution >= 4 is 6.21 Å². The summed E-state index contributed by atoms with van der Waals surface area (Å²) in [5.74, 6) is 0. The molecule has 0 aromatic heterocycles. The molecule has 1 aliphatic rings. The van der Waals surface area contributed by atoms with Crippen LogP contribution in [-0.4, -0.2) is 31.4 Å². The maximum atomic E-state index is 3.81. The summed E-state index contributed by atoms with van der Waals surface area (Å²) in [6.45, 7) is 5.84. The summed E-state index contributed by atoms with van der Waals surface area (Å²) >= 11 is 0. The third-order valence-electron chi connectivity index (χ3n) is 0.917. The van der Waals surface area contributed by atoms with Crippen molar-refractivity contribution in [1.82, 2.24) is 10.3 Å². The van der Waals surface area contributed by atoms with Crippen molar-refractivity contribution in [3.63, 3.8) is 0 Å². The van der Waals surface area contributed by atoms with E-state index in [2.05, 4.69) is 15.4 Å². The zero-order valence-electron chi connectivity index (χ0n) is 6.39. The van der Waals surface area contributed by atoms with E-state index in [9.17, 15) is 0 Å². The van der Waals surface area contributed by atoms with Gasteiger partial charge < -0.3 is 0 Å². The van der Waals surface area contributed by atoms with Crippen molar-refractivity contribution in [2.24, 2.45) is 5.10 Å². The lowest BCUT2D eigenvalue weighted by molar-refractivity contribution is 0.337. The van der Waals surface area contributed by atoms with E-state index in [0.717, 1.165) is 13.2 Å². The molecule has 1 heterocycles. The van der Waals surface area contributed by atoms with Gasteiger partial charge in [0.15, 0.2) is 0 Å². The molecule has 0 spiro atoms. The summed E-state index contributed by atoms with van der Waals surface area (Å²) in [4.78, 5) is 2.13. The van der Waals surface area contributed by atoms with Crippen LogP contribution in [0, 0.1) is 0 Å². The Morgan fingerprint density at radius 1 is 1.56 bits per heavy atom. The Hall–Kier alpha value is -0.570. The van der Waals surface area contributed by atoms with Gasteiger partial charge in [-0.15, -0.1) is 0 Å². The molecule has 0 saturated heterocycles. The minimum Gasteiger partial charge on any atom is -0.296 e. The van der Waals surface area contributed by atoms with E-state index in [1.54, 1.807) is 0 Å². The van der Waals surface area contributed by atoms with Crippen LogP contribution in [0.1, 0.15) is 13.8 Å². The molecule has 3 nitrogen and oxygen atoms in total. The largest absolute Gasteiger partial charge is 0.296 e. The SMILES string of the molecule is CC.CN1CC=NNC1. The molecular formula is C6H15N3. The van der Waals surface area contributed by atoms with Gasteiger partial charge >= 0.3 is 0 Å². The van der Waals surface area contributed by atoms with Gasteiger partial charge in [-0.25, -0.2) is 0 Å². The maximum Gasteiger partial charge on any atom is 0.0849 e. The summed E-state index contributed by atoms with van der Waals surface area (Å²) in [7, 11) is 2.04. The maximum absolute atomic E-state index is 3.81. The van der Waals surface area contributed by atoms with E-state index in [4.69, 9.17) is 0 Å². The van der Waals surface area contributed by atoms with Crippen LogP contribution in [-0.2, 0) is 0 Å². The van der Waals surface area contributed by atoms with E-state index in [1.165, 1.54) is 0 Å². The van der Waals surface area contributed by atoms with Gasteiger partial charge in [0.2, 0.25) is 0 Å². The van der Waals surface area contributed by atoms with Gasteiger partial charge in [0.1, 0.15) is 0 Å². The first-order valence-electron chi connectivity index (χ1n) is 3.32. The third-order valence-corrected chi connectivity index (χ3v) is 0.917. The molecule has 3 heteroatoms. The Morgan fingerprint density at radius 2 is 2.22 bits per heavy atom. The molecule has 0 radical (unpaired) electrons. The van der Waals surface area contributed by atoms with Crippen LogP contribution in [0.15, 0.2) is 5.10 Å². The zero-order chi connectivity index (χ0) is 7.11. The molecule has 0 aromatic carbocycles. The highest BCUT2D eigenvalue weighted by Crippen LogP contribution is 1.79. The molecular weight excluding hydrogens is 114 g/mol. The van der Waals surface area contributed by atoms with E-state index >= 15 is 0 Å². The fraction of sp³-hybridized carbons (Fsp3) is 0.833. The van der Waals surface area contributed by atoms with E-state index < -0.39 is 0 Å². The zero-order valence-corrected chi connectivity index (χ0v) is 6.39. The van der Waals surface area contributed by atoms with Crippen LogP contribution in [0.5, 0.6) is 0 Å². The molecule has 0 aromatic rings. The quantitative estimate of drug-likeness (QED) is 0.515. The summed E-state index contributed by atoms with van der Waals surface area (Å²) in [5.41, 5.74) is 2.83. The van der Waals surface area contributed by atoms with Crippen molar-refractivity contribution in [1.29, 1.82) is 0 Å². The predicted molar refractivity (Wildman–Crippen MR) is 40.5 cm³/mol. The van der Waals surface area contributed by atoms with Gasteiger partial charge in [-0.2, -0.15) is 5.10 Å². The van der Waals surface area contributed by atoms with E-state index in [0.29, 0.717) is 0 Å². The molecule has 0 aliphatic carbocycles. The topological polar surface area (TPSA) is 27.6 Å². The summed E-state index contributed by atoms with van der Waals surface area (Å²) in [6.07, 6.45) is 1.85. The molecule has 1 N–H and O–H groups in total. The molecule has 54 valence electrons. The van der Waals surface area contributed by atoms with Gasteiger partial charge in [-0.3, -0.25) is 10.3 Å². The second-order valence-corrected chi connectivity index (χ2v) is 1.67. The van der Waals surface area contributed by atoms with Crippen LogP contribution in [0.25, 0.3) is 0 Å². The van der Waals surface area contributed by atoms with Crippen molar-refractivity contribution in [3.05, 3.63) is 0 Å². The van der Waals surface area contributed by atoms with Crippen LogP contribution in [0.2, 0.25) is 0 Å². The number of rotatable bonds is 0.